The largest absolute Gasteiger partial charge is 0.573 e. The number of carbonyl (C=O) groups is 1. The van der Waals surface area contributed by atoms with E-state index in [2.05, 4.69) is 25.0 Å². The van der Waals surface area contributed by atoms with Crippen LogP contribution in [-0.4, -0.2) is 51.0 Å². The van der Waals surface area contributed by atoms with Gasteiger partial charge in [-0.05, 0) is 81.3 Å². The Morgan fingerprint density at radius 2 is 1.80 bits per heavy atom. The molecule has 2 saturated heterocycles. The molecule has 4 aromatic rings. The molecule has 0 spiro atoms. The lowest BCUT2D eigenvalue weighted by molar-refractivity contribution is -0.274. The third-order valence-electron chi connectivity index (χ3n) is 8.63. The van der Waals surface area contributed by atoms with Crippen molar-refractivity contribution in [1.82, 2.24) is 15.4 Å². The van der Waals surface area contributed by atoms with E-state index in [1.165, 1.54) is 18.2 Å². The standard InChI is InChI=1S/C31H29F3N4O6/c1-16-12-18(29(39)40)8-11-22(16)28-35-36-30(42-28)38-19-9-10-20(38)14-21(13-19)41-15-24-26(37-44-27(24)17-6-7-17)23-4-2-3-5-25(23)43-31(32,33)34/h2-5,8,11-12,17,19-21H,6-7,9-10,13-15H2,1H3,(H,39,40)/t19-,20+,21?. The number of hydrogen-bond donors (Lipinski definition) is 1. The normalized spacial score (nSPS) is 21.5. The molecule has 3 fully saturated rings. The summed E-state index contributed by atoms with van der Waals surface area (Å²) in [6.07, 6.45) is 0.229. The summed E-state index contributed by atoms with van der Waals surface area (Å²) >= 11 is 0. The number of nitrogens with zero attached hydrogens (tertiary/aromatic N) is 4. The summed E-state index contributed by atoms with van der Waals surface area (Å²) in [5, 5.41) is 22.0. The highest BCUT2D eigenvalue weighted by Gasteiger charge is 2.44. The van der Waals surface area contributed by atoms with Crippen LogP contribution in [0.1, 0.15) is 71.7 Å². The van der Waals surface area contributed by atoms with Gasteiger partial charge < -0.3 is 28.4 Å². The van der Waals surface area contributed by atoms with Crippen LogP contribution in [0.25, 0.3) is 22.7 Å². The molecular weight excluding hydrogens is 581 g/mol. The molecule has 13 heteroatoms. The van der Waals surface area contributed by atoms with Crippen molar-refractivity contribution in [2.24, 2.45) is 0 Å². The van der Waals surface area contributed by atoms with Crippen LogP contribution in [0.2, 0.25) is 0 Å². The lowest BCUT2D eigenvalue weighted by Crippen LogP contribution is -2.45. The number of halogens is 3. The van der Waals surface area contributed by atoms with Crippen molar-refractivity contribution >= 4 is 12.0 Å². The molecule has 0 amide bonds. The molecule has 0 radical (unpaired) electrons. The zero-order valence-electron chi connectivity index (χ0n) is 23.7. The van der Waals surface area contributed by atoms with Gasteiger partial charge in [-0.2, -0.15) is 0 Å². The number of alkyl halides is 3. The van der Waals surface area contributed by atoms with Crippen molar-refractivity contribution in [2.45, 2.75) is 82.5 Å². The predicted molar refractivity (Wildman–Crippen MR) is 149 cm³/mol. The third kappa shape index (κ3) is 5.51. The Labute approximate surface area is 249 Å². The average molecular weight is 611 g/mol. The highest BCUT2D eigenvalue weighted by Crippen LogP contribution is 2.46. The van der Waals surface area contributed by atoms with Crippen LogP contribution in [-0.2, 0) is 11.3 Å². The minimum Gasteiger partial charge on any atom is -0.478 e. The first-order valence-electron chi connectivity index (χ1n) is 14.6. The van der Waals surface area contributed by atoms with Crippen LogP contribution in [0.3, 0.4) is 0 Å². The second-order valence-corrected chi connectivity index (χ2v) is 11.6. The van der Waals surface area contributed by atoms with E-state index in [0.717, 1.165) is 31.2 Å². The number of rotatable bonds is 9. The van der Waals surface area contributed by atoms with Crippen LogP contribution in [0.4, 0.5) is 19.2 Å². The lowest BCUT2D eigenvalue weighted by Gasteiger charge is -2.37. The first-order valence-corrected chi connectivity index (χ1v) is 14.6. The molecule has 2 aromatic heterocycles. The summed E-state index contributed by atoms with van der Waals surface area (Å²) in [5.74, 6) is -0.173. The first-order chi connectivity index (χ1) is 21.1. The maximum atomic E-state index is 13.1. The third-order valence-corrected chi connectivity index (χ3v) is 8.63. The molecule has 3 atom stereocenters. The fourth-order valence-corrected chi connectivity index (χ4v) is 6.46. The number of ether oxygens (including phenoxy) is 2. The monoisotopic (exact) mass is 610 g/mol. The van der Waals surface area contributed by atoms with Crippen molar-refractivity contribution in [1.29, 1.82) is 0 Å². The van der Waals surface area contributed by atoms with Gasteiger partial charge >= 0.3 is 18.3 Å². The van der Waals surface area contributed by atoms with Gasteiger partial charge in [0.1, 0.15) is 17.2 Å². The van der Waals surface area contributed by atoms with E-state index in [0.29, 0.717) is 47.3 Å². The highest BCUT2D eigenvalue weighted by molar-refractivity contribution is 5.88. The number of anilines is 1. The van der Waals surface area contributed by atoms with Gasteiger partial charge in [0.25, 0.3) is 0 Å². The first kappa shape index (κ1) is 28.4. The van der Waals surface area contributed by atoms with Crippen molar-refractivity contribution in [2.75, 3.05) is 4.90 Å². The molecule has 7 rings (SSSR count). The smallest absolute Gasteiger partial charge is 0.478 e. The Morgan fingerprint density at radius 1 is 1.05 bits per heavy atom. The molecule has 4 heterocycles. The molecule has 44 heavy (non-hydrogen) atoms. The Balaban J connectivity index is 1.07. The van der Waals surface area contributed by atoms with E-state index in [-0.39, 0.29) is 47.6 Å². The summed E-state index contributed by atoms with van der Waals surface area (Å²) in [4.78, 5) is 13.5. The number of hydrogen-bond acceptors (Lipinski definition) is 9. The van der Waals surface area contributed by atoms with Gasteiger partial charge in [-0.15, -0.1) is 18.3 Å². The molecule has 2 bridgehead atoms. The van der Waals surface area contributed by atoms with Gasteiger partial charge in [-0.25, -0.2) is 4.79 Å². The molecular formula is C31H29F3N4O6. The van der Waals surface area contributed by atoms with Crippen LogP contribution < -0.4 is 9.64 Å². The average Bonchev–Trinajstić information content (AvgIpc) is 3.45. The number of benzene rings is 2. The maximum Gasteiger partial charge on any atom is 0.573 e. The highest BCUT2D eigenvalue weighted by atomic mass is 19.4. The van der Waals surface area contributed by atoms with E-state index >= 15 is 0 Å². The zero-order chi connectivity index (χ0) is 30.6. The Kier molecular flexibility index (Phi) is 7.07. The molecule has 1 saturated carbocycles. The molecule has 2 aromatic carbocycles. The van der Waals surface area contributed by atoms with E-state index in [1.807, 2.05) is 0 Å². The number of piperidine rings is 1. The molecule has 10 nitrogen and oxygen atoms in total. The molecule has 3 aliphatic rings. The molecule has 1 aliphatic carbocycles. The molecule has 1 unspecified atom stereocenters. The fourth-order valence-electron chi connectivity index (χ4n) is 6.46. The number of carboxylic acid groups (broad SMARTS) is 1. The van der Waals surface area contributed by atoms with Gasteiger partial charge in [0.05, 0.1) is 18.3 Å². The van der Waals surface area contributed by atoms with Crippen LogP contribution in [0.5, 0.6) is 5.75 Å². The molecule has 1 N–H and O–H groups in total. The second kappa shape index (κ2) is 11.0. The summed E-state index contributed by atoms with van der Waals surface area (Å²) in [5.41, 5.74) is 2.75. The van der Waals surface area contributed by atoms with Crippen molar-refractivity contribution < 1.29 is 41.5 Å². The minimum atomic E-state index is -4.84. The number of aromatic nitrogens is 3. The Bertz CT molecular complexity index is 1680. The fraction of sp³-hybridized carbons (Fsp3) is 0.419. The van der Waals surface area contributed by atoms with E-state index in [4.69, 9.17) is 13.7 Å². The van der Waals surface area contributed by atoms with Crippen molar-refractivity contribution in [3.63, 3.8) is 0 Å². The Morgan fingerprint density at radius 3 is 2.48 bits per heavy atom. The number of aryl methyl sites for hydroxylation is 1. The van der Waals surface area contributed by atoms with Crippen molar-refractivity contribution in [3.05, 3.63) is 64.9 Å². The van der Waals surface area contributed by atoms with E-state index in [1.54, 1.807) is 31.2 Å². The van der Waals surface area contributed by atoms with Crippen LogP contribution >= 0.6 is 0 Å². The summed E-state index contributed by atoms with van der Waals surface area (Å²) in [6.45, 7) is 1.96. The number of para-hydroxylation sites is 1. The SMILES string of the molecule is Cc1cc(C(=O)O)ccc1-c1nnc(N2[C@@H]3CC[C@H]2CC(OCc2c(-c4ccccc4OC(F)(F)F)noc2C2CC2)C3)o1. The summed E-state index contributed by atoms with van der Waals surface area (Å²) in [6, 6.07) is 11.3. The second-order valence-electron chi connectivity index (χ2n) is 11.6. The number of fused-ring (bicyclic) bond motifs is 2. The molecule has 2 aliphatic heterocycles. The van der Waals surface area contributed by atoms with E-state index in [9.17, 15) is 23.1 Å². The predicted octanol–water partition coefficient (Wildman–Crippen LogP) is 6.89. The number of aromatic carboxylic acids is 1. The van der Waals surface area contributed by atoms with Gasteiger partial charge in [0, 0.05) is 34.7 Å². The maximum absolute atomic E-state index is 13.1. The van der Waals surface area contributed by atoms with Gasteiger partial charge in [-0.3, -0.25) is 0 Å². The topological polar surface area (TPSA) is 124 Å². The van der Waals surface area contributed by atoms with Crippen LogP contribution in [0, 0.1) is 6.92 Å². The van der Waals surface area contributed by atoms with Crippen LogP contribution in [0.15, 0.2) is 51.4 Å². The van der Waals surface area contributed by atoms with E-state index < -0.39 is 12.3 Å². The molecule has 230 valence electrons. The quantitative estimate of drug-likeness (QED) is 0.214. The van der Waals surface area contributed by atoms with Gasteiger partial charge in [0.2, 0.25) is 5.89 Å². The lowest BCUT2D eigenvalue weighted by atomic mass is 9.99. The number of carboxylic acids is 1. The summed E-state index contributed by atoms with van der Waals surface area (Å²) in [7, 11) is 0. The minimum absolute atomic E-state index is 0.0894. The van der Waals surface area contributed by atoms with Gasteiger partial charge in [0.15, 0.2) is 0 Å². The Hall–Kier alpha value is -4.39. The zero-order valence-corrected chi connectivity index (χ0v) is 23.7. The van der Waals surface area contributed by atoms with Crippen molar-refractivity contribution in [3.8, 4) is 28.5 Å². The van der Waals surface area contributed by atoms with Gasteiger partial charge in [-0.1, -0.05) is 22.4 Å². The summed E-state index contributed by atoms with van der Waals surface area (Å²) < 4.78 is 61.8.